The van der Waals surface area contributed by atoms with Gasteiger partial charge in [0.05, 0.1) is 19.9 Å². The van der Waals surface area contributed by atoms with Gasteiger partial charge in [-0.05, 0) is 49.4 Å². The fraction of sp³-hybridized carbons (Fsp3) is 0.263. The Kier molecular flexibility index (Phi) is 7.31. The van der Waals surface area contributed by atoms with Crippen LogP contribution in [0, 0.1) is 0 Å². The van der Waals surface area contributed by atoms with E-state index in [4.69, 9.17) is 30.5 Å². The number of esters is 1. The van der Waals surface area contributed by atoms with Crippen molar-refractivity contribution in [1.29, 1.82) is 0 Å². The zero-order chi connectivity index (χ0) is 19.8. The molecule has 0 fully saturated rings. The largest absolute Gasteiger partial charge is 0.497 e. The fourth-order valence-corrected chi connectivity index (χ4v) is 2.30. The van der Waals surface area contributed by atoms with Gasteiger partial charge in [-0.15, -0.1) is 0 Å². The highest BCUT2D eigenvalue weighted by Crippen LogP contribution is 2.27. The third-order valence-corrected chi connectivity index (χ3v) is 3.72. The summed E-state index contributed by atoms with van der Waals surface area (Å²) in [6, 6.07) is 11.5. The van der Waals surface area contributed by atoms with Crippen LogP contribution in [0.5, 0.6) is 17.2 Å². The summed E-state index contributed by atoms with van der Waals surface area (Å²) in [5.74, 6) is 0.397. The summed E-state index contributed by atoms with van der Waals surface area (Å²) in [6.07, 6.45) is -0.882. The number of halogens is 1. The predicted octanol–water partition coefficient (Wildman–Crippen LogP) is 3.31. The Balaban J connectivity index is 1.85. The molecule has 2 aromatic carbocycles. The molecular formula is C19H20ClNO6. The molecule has 0 aliphatic rings. The maximum atomic E-state index is 12.0. The van der Waals surface area contributed by atoms with Crippen molar-refractivity contribution >= 4 is 29.2 Å². The number of methoxy groups -OCH3 is 2. The maximum absolute atomic E-state index is 12.0. The van der Waals surface area contributed by atoms with Crippen LogP contribution in [0.25, 0.3) is 0 Å². The van der Waals surface area contributed by atoms with Gasteiger partial charge in [-0.1, -0.05) is 11.6 Å². The number of amides is 1. The Morgan fingerprint density at radius 1 is 1.04 bits per heavy atom. The van der Waals surface area contributed by atoms with E-state index in [0.29, 0.717) is 28.0 Å². The Morgan fingerprint density at radius 3 is 2.33 bits per heavy atom. The molecule has 2 rings (SSSR count). The number of rotatable bonds is 8. The fourth-order valence-electron chi connectivity index (χ4n) is 2.12. The first-order valence-electron chi connectivity index (χ1n) is 8.03. The molecule has 144 valence electrons. The molecule has 1 amide bonds. The lowest BCUT2D eigenvalue weighted by Crippen LogP contribution is -2.29. The summed E-state index contributed by atoms with van der Waals surface area (Å²) in [5, 5.41) is 3.01. The number of ether oxygens (including phenoxy) is 4. The van der Waals surface area contributed by atoms with Gasteiger partial charge < -0.3 is 24.3 Å². The Morgan fingerprint density at radius 2 is 1.70 bits per heavy atom. The van der Waals surface area contributed by atoms with Crippen LogP contribution in [0.4, 0.5) is 5.69 Å². The van der Waals surface area contributed by atoms with Gasteiger partial charge >= 0.3 is 5.97 Å². The second kappa shape index (κ2) is 9.68. The van der Waals surface area contributed by atoms with Gasteiger partial charge in [-0.2, -0.15) is 0 Å². The molecular weight excluding hydrogens is 374 g/mol. The minimum absolute atomic E-state index is 0.383. The number of carbonyl (C=O) groups is 2. The number of nitrogens with one attached hydrogen (secondary N) is 1. The lowest BCUT2D eigenvalue weighted by atomic mass is 10.3. The predicted molar refractivity (Wildman–Crippen MR) is 101 cm³/mol. The van der Waals surface area contributed by atoms with Gasteiger partial charge in [0.1, 0.15) is 17.2 Å². The molecule has 0 aliphatic heterocycles. The van der Waals surface area contributed by atoms with Crippen LogP contribution in [0.2, 0.25) is 5.02 Å². The molecule has 0 aliphatic carbocycles. The highest BCUT2D eigenvalue weighted by molar-refractivity contribution is 6.31. The van der Waals surface area contributed by atoms with Gasteiger partial charge in [-0.3, -0.25) is 4.79 Å². The topological polar surface area (TPSA) is 83.1 Å². The van der Waals surface area contributed by atoms with Crippen molar-refractivity contribution in [2.45, 2.75) is 13.0 Å². The smallest absolute Gasteiger partial charge is 0.347 e. The zero-order valence-electron chi connectivity index (χ0n) is 15.2. The lowest BCUT2D eigenvalue weighted by Gasteiger charge is -2.15. The normalized spacial score (nSPS) is 11.3. The van der Waals surface area contributed by atoms with Crippen LogP contribution in [0.3, 0.4) is 0 Å². The third kappa shape index (κ3) is 6.07. The summed E-state index contributed by atoms with van der Waals surface area (Å²) < 4.78 is 20.7. The lowest BCUT2D eigenvalue weighted by molar-refractivity contribution is -0.153. The van der Waals surface area contributed by atoms with E-state index >= 15 is 0 Å². The van der Waals surface area contributed by atoms with E-state index in [-0.39, 0.29) is 0 Å². The van der Waals surface area contributed by atoms with Crippen molar-refractivity contribution in [3.8, 4) is 17.2 Å². The first kappa shape index (κ1) is 20.4. The molecule has 2 aromatic rings. The van der Waals surface area contributed by atoms with Gasteiger partial charge in [0.2, 0.25) is 0 Å². The van der Waals surface area contributed by atoms with Gasteiger partial charge in [-0.25, -0.2) is 4.79 Å². The van der Waals surface area contributed by atoms with E-state index in [9.17, 15) is 9.59 Å². The minimum Gasteiger partial charge on any atom is -0.497 e. The molecule has 0 heterocycles. The van der Waals surface area contributed by atoms with Gasteiger partial charge in [0, 0.05) is 5.02 Å². The Hall–Kier alpha value is -2.93. The van der Waals surface area contributed by atoms with Crippen LogP contribution in [0.1, 0.15) is 6.92 Å². The highest BCUT2D eigenvalue weighted by atomic mass is 35.5. The molecule has 1 N–H and O–H groups in total. The number of anilines is 1. The van der Waals surface area contributed by atoms with Crippen LogP contribution in [-0.2, 0) is 14.3 Å². The highest BCUT2D eigenvalue weighted by Gasteiger charge is 2.18. The first-order valence-corrected chi connectivity index (χ1v) is 8.41. The quantitative estimate of drug-likeness (QED) is 0.693. The van der Waals surface area contributed by atoms with E-state index in [1.54, 1.807) is 43.5 Å². The van der Waals surface area contributed by atoms with Crippen molar-refractivity contribution in [3.63, 3.8) is 0 Å². The first-order chi connectivity index (χ1) is 12.9. The van der Waals surface area contributed by atoms with Crippen LogP contribution < -0.4 is 19.5 Å². The van der Waals surface area contributed by atoms with Crippen molar-refractivity contribution in [2.75, 3.05) is 26.1 Å². The van der Waals surface area contributed by atoms with Crippen molar-refractivity contribution in [1.82, 2.24) is 0 Å². The summed E-state index contributed by atoms with van der Waals surface area (Å²) in [6.45, 7) is 1.06. The molecule has 7 nitrogen and oxygen atoms in total. The SMILES string of the molecule is COc1ccc(OC(C)C(=O)OCC(=O)Nc2cc(Cl)ccc2OC)cc1. The van der Waals surface area contributed by atoms with E-state index in [0.717, 1.165) is 0 Å². The molecule has 0 spiro atoms. The molecule has 1 atom stereocenters. The van der Waals surface area contributed by atoms with Crippen LogP contribution in [-0.4, -0.2) is 38.8 Å². The van der Waals surface area contributed by atoms with Crippen molar-refractivity contribution in [3.05, 3.63) is 47.5 Å². The van der Waals surface area contributed by atoms with E-state index in [1.165, 1.54) is 20.1 Å². The van der Waals surface area contributed by atoms with E-state index in [2.05, 4.69) is 5.32 Å². The molecule has 0 radical (unpaired) electrons. The molecule has 0 saturated carbocycles. The Bertz CT molecular complexity index is 793. The van der Waals surface area contributed by atoms with Gasteiger partial charge in [0.15, 0.2) is 12.7 Å². The zero-order valence-corrected chi connectivity index (χ0v) is 15.9. The second-order valence-electron chi connectivity index (χ2n) is 5.44. The summed E-state index contributed by atoms with van der Waals surface area (Å²) in [4.78, 5) is 24.0. The average molecular weight is 394 g/mol. The molecule has 0 aromatic heterocycles. The number of benzene rings is 2. The summed E-state index contributed by atoms with van der Waals surface area (Å²) in [5.41, 5.74) is 0.383. The van der Waals surface area contributed by atoms with Crippen molar-refractivity contribution in [2.24, 2.45) is 0 Å². The van der Waals surface area contributed by atoms with Gasteiger partial charge in [0.25, 0.3) is 5.91 Å². The second-order valence-corrected chi connectivity index (χ2v) is 5.87. The number of hydrogen-bond donors (Lipinski definition) is 1. The van der Waals surface area contributed by atoms with E-state index < -0.39 is 24.6 Å². The standard InChI is InChI=1S/C19H20ClNO6/c1-12(27-15-7-5-14(24-2)6-8-15)19(23)26-11-18(22)21-16-10-13(20)4-9-17(16)25-3/h4-10,12H,11H2,1-3H3,(H,21,22). The van der Waals surface area contributed by atoms with Crippen molar-refractivity contribution < 1.29 is 28.5 Å². The molecule has 0 saturated heterocycles. The molecule has 27 heavy (non-hydrogen) atoms. The molecule has 0 bridgehead atoms. The van der Waals surface area contributed by atoms with Crippen LogP contribution in [0.15, 0.2) is 42.5 Å². The minimum atomic E-state index is -0.882. The van der Waals surface area contributed by atoms with Crippen LogP contribution >= 0.6 is 11.6 Å². The Labute approximate surface area is 162 Å². The maximum Gasteiger partial charge on any atom is 0.347 e. The summed E-state index contributed by atoms with van der Waals surface area (Å²) in [7, 11) is 3.02. The number of carbonyl (C=O) groups excluding carboxylic acids is 2. The number of hydrogen-bond acceptors (Lipinski definition) is 6. The third-order valence-electron chi connectivity index (χ3n) is 3.49. The molecule has 1 unspecified atom stereocenters. The average Bonchev–Trinajstić information content (AvgIpc) is 2.66. The summed E-state index contributed by atoms with van der Waals surface area (Å²) >= 11 is 5.91. The monoisotopic (exact) mass is 393 g/mol. The van der Waals surface area contributed by atoms with E-state index in [1.807, 2.05) is 0 Å². The molecule has 8 heteroatoms.